The fourth-order valence-electron chi connectivity index (χ4n) is 3.08. The Labute approximate surface area is 135 Å². The molecule has 2 aliphatic rings. The minimum Gasteiger partial charge on any atom is -0.389 e. The lowest BCUT2D eigenvalue weighted by Gasteiger charge is -2.24. The highest BCUT2D eigenvalue weighted by Gasteiger charge is 2.31. The number of β-amino-alcohol motifs (C(OH)–C–C–N with tert-alkyl or cyclic N) is 1. The van der Waals surface area contributed by atoms with Gasteiger partial charge in [-0.15, -0.1) is 0 Å². The second kappa shape index (κ2) is 9.17. The number of halogens is 3. The highest BCUT2D eigenvalue weighted by Crippen LogP contribution is 2.17. The lowest BCUT2D eigenvalue weighted by atomic mass is 10.2. The summed E-state index contributed by atoms with van der Waals surface area (Å²) in [6.07, 6.45) is -1.90. The molecular formula is C15H27F3N2O3. The molecule has 0 aromatic carbocycles. The van der Waals surface area contributed by atoms with Crippen LogP contribution >= 0.6 is 0 Å². The number of hydrogen-bond donors (Lipinski definition) is 1. The topological polar surface area (TPSA) is 45.2 Å². The van der Waals surface area contributed by atoms with E-state index in [0.29, 0.717) is 45.8 Å². The van der Waals surface area contributed by atoms with Crippen LogP contribution in [-0.2, 0) is 9.47 Å². The molecule has 136 valence electrons. The summed E-state index contributed by atoms with van der Waals surface area (Å²) in [6.45, 7) is 3.16. The van der Waals surface area contributed by atoms with E-state index >= 15 is 0 Å². The van der Waals surface area contributed by atoms with Crippen LogP contribution in [0.4, 0.5) is 13.2 Å². The van der Waals surface area contributed by atoms with Crippen molar-refractivity contribution in [2.75, 3.05) is 59.1 Å². The fourth-order valence-corrected chi connectivity index (χ4v) is 3.08. The monoisotopic (exact) mass is 340 g/mol. The molecule has 2 rings (SSSR count). The quantitative estimate of drug-likeness (QED) is 0.752. The number of rotatable bonds is 7. The summed E-state index contributed by atoms with van der Waals surface area (Å²) in [7, 11) is 0. The van der Waals surface area contributed by atoms with Crippen molar-refractivity contribution in [3.8, 4) is 0 Å². The molecule has 2 heterocycles. The molecule has 0 bridgehead atoms. The van der Waals surface area contributed by atoms with Gasteiger partial charge in [0, 0.05) is 26.2 Å². The van der Waals surface area contributed by atoms with Crippen molar-refractivity contribution in [1.29, 1.82) is 0 Å². The van der Waals surface area contributed by atoms with Crippen molar-refractivity contribution >= 4 is 0 Å². The Morgan fingerprint density at radius 2 is 1.87 bits per heavy atom. The van der Waals surface area contributed by atoms with Crippen molar-refractivity contribution in [3.05, 3.63) is 0 Å². The first-order chi connectivity index (χ1) is 10.9. The zero-order chi connectivity index (χ0) is 16.7. The Morgan fingerprint density at radius 1 is 1.13 bits per heavy atom. The molecule has 2 fully saturated rings. The van der Waals surface area contributed by atoms with Crippen LogP contribution in [0.25, 0.3) is 0 Å². The summed E-state index contributed by atoms with van der Waals surface area (Å²) in [6, 6.07) is 0. The van der Waals surface area contributed by atoms with Gasteiger partial charge in [0.2, 0.25) is 0 Å². The lowest BCUT2D eigenvalue weighted by molar-refractivity contribution is -0.145. The van der Waals surface area contributed by atoms with E-state index in [-0.39, 0.29) is 12.7 Å². The predicted molar refractivity (Wildman–Crippen MR) is 79.4 cm³/mol. The van der Waals surface area contributed by atoms with Gasteiger partial charge in [0.15, 0.2) is 0 Å². The van der Waals surface area contributed by atoms with Crippen LogP contribution in [-0.4, -0.2) is 92.4 Å². The van der Waals surface area contributed by atoms with Crippen molar-refractivity contribution in [2.24, 2.45) is 0 Å². The Bertz CT molecular complexity index is 338. The summed E-state index contributed by atoms with van der Waals surface area (Å²) in [5.41, 5.74) is 0. The number of hydrogen-bond acceptors (Lipinski definition) is 5. The average Bonchev–Trinajstić information content (AvgIpc) is 2.87. The van der Waals surface area contributed by atoms with E-state index in [1.54, 1.807) is 0 Å². The third kappa shape index (κ3) is 7.80. The lowest BCUT2D eigenvalue weighted by Crippen LogP contribution is -2.39. The molecule has 5 nitrogen and oxygen atoms in total. The molecular weight excluding hydrogens is 313 g/mol. The standard InChI is InChI=1S/C15H27F3N2O3/c16-15(17,18)12-20-5-2-4-19(6-7-20)9-13(21)10-22-11-14-3-1-8-23-14/h13-14,21H,1-12H2. The van der Waals surface area contributed by atoms with Gasteiger partial charge in [-0.3, -0.25) is 9.80 Å². The van der Waals surface area contributed by atoms with Crippen LogP contribution in [0.3, 0.4) is 0 Å². The smallest absolute Gasteiger partial charge is 0.389 e. The number of ether oxygens (including phenoxy) is 2. The van der Waals surface area contributed by atoms with Crippen LogP contribution < -0.4 is 0 Å². The molecule has 1 N–H and O–H groups in total. The molecule has 0 aliphatic carbocycles. The van der Waals surface area contributed by atoms with Crippen molar-refractivity contribution in [1.82, 2.24) is 9.80 Å². The summed E-state index contributed by atoms with van der Waals surface area (Å²) in [5, 5.41) is 10.0. The summed E-state index contributed by atoms with van der Waals surface area (Å²) >= 11 is 0. The van der Waals surface area contributed by atoms with Gasteiger partial charge < -0.3 is 14.6 Å². The highest BCUT2D eigenvalue weighted by atomic mass is 19.4. The SMILES string of the molecule is OC(COCC1CCCO1)CN1CCCN(CC(F)(F)F)CC1. The zero-order valence-electron chi connectivity index (χ0n) is 13.4. The minimum atomic E-state index is -4.15. The molecule has 2 saturated heterocycles. The molecule has 2 aliphatic heterocycles. The van der Waals surface area contributed by atoms with Crippen LogP contribution in [0, 0.1) is 0 Å². The minimum absolute atomic E-state index is 0.135. The number of aliphatic hydroxyl groups excluding tert-OH is 1. The van der Waals surface area contributed by atoms with Gasteiger partial charge in [-0.25, -0.2) is 0 Å². The largest absolute Gasteiger partial charge is 0.401 e. The Kier molecular flexibility index (Phi) is 7.55. The first-order valence-corrected chi connectivity index (χ1v) is 8.31. The van der Waals surface area contributed by atoms with Crippen LogP contribution in [0.15, 0.2) is 0 Å². The van der Waals surface area contributed by atoms with Crippen LogP contribution in [0.1, 0.15) is 19.3 Å². The molecule has 2 unspecified atom stereocenters. The van der Waals surface area contributed by atoms with Gasteiger partial charge in [0.25, 0.3) is 0 Å². The third-order valence-electron chi connectivity index (χ3n) is 4.19. The van der Waals surface area contributed by atoms with Crippen molar-refractivity contribution < 1.29 is 27.8 Å². The van der Waals surface area contributed by atoms with Gasteiger partial charge in [-0.2, -0.15) is 13.2 Å². The predicted octanol–water partition coefficient (Wildman–Crippen LogP) is 1.11. The maximum absolute atomic E-state index is 12.4. The van der Waals surface area contributed by atoms with E-state index in [1.807, 2.05) is 4.90 Å². The molecule has 0 aromatic heterocycles. The maximum atomic E-state index is 12.4. The van der Waals surface area contributed by atoms with Crippen LogP contribution in [0.5, 0.6) is 0 Å². The number of alkyl halides is 3. The van der Waals surface area contributed by atoms with Gasteiger partial charge in [0.1, 0.15) is 0 Å². The van der Waals surface area contributed by atoms with Crippen molar-refractivity contribution in [3.63, 3.8) is 0 Å². The van der Waals surface area contributed by atoms with E-state index in [9.17, 15) is 18.3 Å². The van der Waals surface area contributed by atoms with E-state index < -0.39 is 18.8 Å². The average molecular weight is 340 g/mol. The second-order valence-electron chi connectivity index (χ2n) is 6.37. The first kappa shape index (κ1) is 18.9. The van der Waals surface area contributed by atoms with Crippen LogP contribution in [0.2, 0.25) is 0 Å². The second-order valence-corrected chi connectivity index (χ2v) is 6.37. The van der Waals surface area contributed by atoms with E-state index in [4.69, 9.17) is 9.47 Å². The highest BCUT2D eigenvalue weighted by molar-refractivity contribution is 4.74. The molecule has 0 radical (unpaired) electrons. The summed E-state index contributed by atoms with van der Waals surface area (Å²) in [5.74, 6) is 0. The summed E-state index contributed by atoms with van der Waals surface area (Å²) < 4.78 is 48.2. The Balaban J connectivity index is 1.60. The fraction of sp³-hybridized carbons (Fsp3) is 1.00. The van der Waals surface area contributed by atoms with Gasteiger partial charge in [0.05, 0.1) is 32.0 Å². The van der Waals surface area contributed by atoms with E-state index in [1.165, 1.54) is 4.90 Å². The Morgan fingerprint density at radius 3 is 2.57 bits per heavy atom. The molecule has 0 amide bonds. The van der Waals surface area contributed by atoms with Gasteiger partial charge in [-0.1, -0.05) is 0 Å². The van der Waals surface area contributed by atoms with Gasteiger partial charge >= 0.3 is 6.18 Å². The zero-order valence-corrected chi connectivity index (χ0v) is 13.4. The van der Waals surface area contributed by atoms with E-state index in [0.717, 1.165) is 19.4 Å². The molecule has 8 heteroatoms. The Hall–Kier alpha value is -0.410. The maximum Gasteiger partial charge on any atom is 0.401 e. The third-order valence-corrected chi connectivity index (χ3v) is 4.19. The normalized spacial score (nSPS) is 26.3. The van der Waals surface area contributed by atoms with E-state index in [2.05, 4.69) is 0 Å². The molecule has 0 saturated carbocycles. The number of nitrogens with zero attached hydrogens (tertiary/aromatic N) is 2. The first-order valence-electron chi connectivity index (χ1n) is 8.31. The summed E-state index contributed by atoms with van der Waals surface area (Å²) in [4.78, 5) is 3.44. The molecule has 2 atom stereocenters. The molecule has 0 aromatic rings. The molecule has 23 heavy (non-hydrogen) atoms. The number of aliphatic hydroxyl groups is 1. The van der Waals surface area contributed by atoms with Gasteiger partial charge in [-0.05, 0) is 32.4 Å². The molecule has 0 spiro atoms. The van der Waals surface area contributed by atoms with Crippen molar-refractivity contribution in [2.45, 2.75) is 37.6 Å².